The van der Waals surface area contributed by atoms with Crippen molar-refractivity contribution < 1.29 is 14.6 Å². The SMILES string of the molecule is Cc1cc2oc(=O)cc(C[NH2+]C[C@@H](c3cccs3)[NH+]3CCCC3)c2cc1Cl. The summed E-state index contributed by atoms with van der Waals surface area (Å²) >= 11 is 8.15. The van der Waals surface area contributed by atoms with E-state index in [0.717, 1.165) is 29.6 Å². The minimum absolute atomic E-state index is 0.299. The van der Waals surface area contributed by atoms with Gasteiger partial charge in [0.05, 0.1) is 18.0 Å². The van der Waals surface area contributed by atoms with Crippen molar-refractivity contribution in [2.45, 2.75) is 32.4 Å². The zero-order chi connectivity index (χ0) is 18.8. The van der Waals surface area contributed by atoms with Gasteiger partial charge in [-0.25, -0.2) is 4.79 Å². The van der Waals surface area contributed by atoms with Crippen molar-refractivity contribution in [2.75, 3.05) is 19.6 Å². The average Bonchev–Trinajstić information content (AvgIpc) is 3.34. The Kier molecular flexibility index (Phi) is 5.64. The number of thiophene rings is 1. The van der Waals surface area contributed by atoms with Crippen molar-refractivity contribution in [3.05, 3.63) is 67.2 Å². The molecule has 27 heavy (non-hydrogen) atoms. The number of aryl methyl sites for hydroxylation is 1. The third-order valence-corrected chi connectivity index (χ3v) is 6.89. The molecule has 0 amide bonds. The quantitative estimate of drug-likeness (QED) is 0.619. The normalized spacial score (nSPS) is 16.2. The molecule has 2 aromatic heterocycles. The monoisotopic (exact) mass is 404 g/mol. The summed E-state index contributed by atoms with van der Waals surface area (Å²) in [6.45, 7) is 6.19. The first-order valence-corrected chi connectivity index (χ1v) is 10.8. The molecule has 6 heteroatoms. The summed E-state index contributed by atoms with van der Waals surface area (Å²) in [5.74, 6) is 0. The van der Waals surface area contributed by atoms with Gasteiger partial charge < -0.3 is 14.6 Å². The molecule has 1 aliphatic heterocycles. The van der Waals surface area contributed by atoms with E-state index in [1.165, 1.54) is 30.8 Å². The fourth-order valence-electron chi connectivity index (χ4n) is 4.07. The first-order chi connectivity index (χ1) is 13.1. The molecule has 3 aromatic rings. The number of halogens is 1. The van der Waals surface area contributed by atoms with E-state index >= 15 is 0 Å². The predicted molar refractivity (Wildman–Crippen MR) is 110 cm³/mol. The summed E-state index contributed by atoms with van der Waals surface area (Å²) in [7, 11) is 0. The van der Waals surface area contributed by atoms with Gasteiger partial charge >= 0.3 is 5.63 Å². The van der Waals surface area contributed by atoms with E-state index in [9.17, 15) is 4.79 Å². The minimum atomic E-state index is -0.299. The Morgan fingerprint density at radius 1 is 1.30 bits per heavy atom. The lowest BCUT2D eigenvalue weighted by Crippen LogP contribution is -3.13. The predicted octanol–water partition coefficient (Wildman–Crippen LogP) is 2.30. The van der Waals surface area contributed by atoms with Crippen molar-refractivity contribution in [1.82, 2.24) is 0 Å². The zero-order valence-electron chi connectivity index (χ0n) is 15.5. The maximum atomic E-state index is 12.0. The topological polar surface area (TPSA) is 51.3 Å². The van der Waals surface area contributed by atoms with E-state index in [-0.39, 0.29) is 5.63 Å². The van der Waals surface area contributed by atoms with Crippen LogP contribution < -0.4 is 15.8 Å². The van der Waals surface area contributed by atoms with Crippen LogP contribution in [0, 0.1) is 6.92 Å². The summed E-state index contributed by atoms with van der Waals surface area (Å²) in [6.07, 6.45) is 2.64. The lowest BCUT2D eigenvalue weighted by molar-refractivity contribution is -0.934. The van der Waals surface area contributed by atoms with Crippen molar-refractivity contribution in [2.24, 2.45) is 0 Å². The fraction of sp³-hybridized carbons (Fsp3) is 0.381. The van der Waals surface area contributed by atoms with Gasteiger partial charge in [0.1, 0.15) is 18.7 Å². The Hall–Kier alpha value is -1.66. The molecular weight excluding hydrogens is 380 g/mol. The summed E-state index contributed by atoms with van der Waals surface area (Å²) < 4.78 is 5.38. The highest BCUT2D eigenvalue weighted by molar-refractivity contribution is 7.10. The number of hydrogen-bond donors (Lipinski definition) is 2. The van der Waals surface area contributed by atoms with Crippen LogP contribution in [-0.4, -0.2) is 19.6 Å². The van der Waals surface area contributed by atoms with Crippen molar-refractivity contribution in [1.29, 1.82) is 0 Å². The van der Waals surface area contributed by atoms with Crippen LogP contribution in [0.15, 0.2) is 44.9 Å². The molecule has 0 spiro atoms. The number of benzene rings is 1. The Balaban J connectivity index is 1.54. The van der Waals surface area contributed by atoms with E-state index in [2.05, 4.69) is 22.8 Å². The lowest BCUT2D eigenvalue weighted by Gasteiger charge is -2.22. The molecule has 0 saturated carbocycles. The average molecular weight is 405 g/mol. The van der Waals surface area contributed by atoms with E-state index in [1.807, 2.05) is 30.4 Å². The molecule has 4 rings (SSSR count). The second-order valence-electron chi connectivity index (χ2n) is 7.35. The molecule has 1 aliphatic rings. The fourth-order valence-corrected chi connectivity index (χ4v) is 5.14. The first kappa shape index (κ1) is 18.7. The molecule has 1 saturated heterocycles. The third-order valence-electron chi connectivity index (χ3n) is 5.50. The molecule has 3 N–H and O–H groups in total. The van der Waals surface area contributed by atoms with Gasteiger partial charge in [-0.15, -0.1) is 11.3 Å². The van der Waals surface area contributed by atoms with Crippen LogP contribution in [0.2, 0.25) is 5.02 Å². The summed E-state index contributed by atoms with van der Waals surface area (Å²) in [5, 5.41) is 6.12. The lowest BCUT2D eigenvalue weighted by atomic mass is 10.1. The number of rotatable bonds is 6. The van der Waals surface area contributed by atoms with E-state index in [1.54, 1.807) is 11.0 Å². The highest BCUT2D eigenvalue weighted by Gasteiger charge is 2.29. The maximum absolute atomic E-state index is 12.0. The van der Waals surface area contributed by atoms with Gasteiger partial charge in [-0.05, 0) is 36.1 Å². The summed E-state index contributed by atoms with van der Waals surface area (Å²) in [5.41, 5.74) is 2.23. The number of fused-ring (bicyclic) bond motifs is 1. The molecular formula is C21H25ClN2O2S+2. The van der Waals surface area contributed by atoms with E-state index < -0.39 is 0 Å². The number of likely N-dealkylation sites (tertiary alicyclic amines) is 1. The van der Waals surface area contributed by atoms with Crippen molar-refractivity contribution >= 4 is 33.9 Å². The maximum Gasteiger partial charge on any atom is 0.336 e. The zero-order valence-corrected chi connectivity index (χ0v) is 17.0. The van der Waals surface area contributed by atoms with Gasteiger partial charge in [0, 0.05) is 34.9 Å². The molecule has 1 aromatic carbocycles. The molecule has 0 unspecified atom stereocenters. The minimum Gasteiger partial charge on any atom is -0.423 e. The number of quaternary nitrogens is 2. The number of hydrogen-bond acceptors (Lipinski definition) is 3. The van der Waals surface area contributed by atoms with Crippen LogP contribution in [0.25, 0.3) is 11.0 Å². The largest absolute Gasteiger partial charge is 0.423 e. The standard InChI is InChI=1S/C21H23ClN2O2S/c1-14-9-19-16(11-17(14)22)15(10-21(25)26-19)12-23-13-18(20-5-4-8-27-20)24-6-2-3-7-24/h4-5,8-11,18,23H,2-3,6-7,12-13H2,1H3/p+2/t18-/m0/s1. The number of nitrogens with two attached hydrogens (primary N) is 1. The summed E-state index contributed by atoms with van der Waals surface area (Å²) in [4.78, 5) is 15.1. The first-order valence-electron chi connectivity index (χ1n) is 9.54. The van der Waals surface area contributed by atoms with Crippen LogP contribution >= 0.6 is 22.9 Å². The van der Waals surface area contributed by atoms with Gasteiger partial charge in [0.15, 0.2) is 6.04 Å². The van der Waals surface area contributed by atoms with Crippen LogP contribution in [0.1, 0.15) is 34.9 Å². The van der Waals surface area contributed by atoms with Gasteiger partial charge in [0.25, 0.3) is 0 Å². The second kappa shape index (κ2) is 8.15. The Bertz CT molecular complexity index is 978. The van der Waals surface area contributed by atoms with Crippen LogP contribution in [0.4, 0.5) is 0 Å². The molecule has 0 radical (unpaired) electrons. The Morgan fingerprint density at radius 3 is 2.85 bits per heavy atom. The van der Waals surface area contributed by atoms with Gasteiger partial charge in [-0.2, -0.15) is 0 Å². The third kappa shape index (κ3) is 4.11. The molecule has 3 heterocycles. The number of nitrogens with one attached hydrogen (secondary N) is 1. The smallest absolute Gasteiger partial charge is 0.336 e. The van der Waals surface area contributed by atoms with Crippen molar-refractivity contribution in [3.63, 3.8) is 0 Å². The molecule has 1 atom stereocenters. The summed E-state index contributed by atoms with van der Waals surface area (Å²) in [6, 6.07) is 10.3. The second-order valence-corrected chi connectivity index (χ2v) is 8.74. The van der Waals surface area contributed by atoms with E-state index in [0.29, 0.717) is 16.6 Å². The van der Waals surface area contributed by atoms with Crippen LogP contribution in [-0.2, 0) is 6.54 Å². The highest BCUT2D eigenvalue weighted by atomic mass is 35.5. The van der Waals surface area contributed by atoms with Gasteiger partial charge in [-0.1, -0.05) is 17.7 Å². The molecule has 4 nitrogen and oxygen atoms in total. The Labute approximate surface area is 167 Å². The van der Waals surface area contributed by atoms with Gasteiger partial charge in [0.2, 0.25) is 0 Å². The van der Waals surface area contributed by atoms with Gasteiger partial charge in [-0.3, -0.25) is 0 Å². The molecule has 0 aliphatic carbocycles. The molecule has 1 fully saturated rings. The highest BCUT2D eigenvalue weighted by Crippen LogP contribution is 2.24. The van der Waals surface area contributed by atoms with Crippen molar-refractivity contribution in [3.8, 4) is 0 Å². The van der Waals surface area contributed by atoms with E-state index in [4.69, 9.17) is 16.0 Å². The molecule has 0 bridgehead atoms. The van der Waals surface area contributed by atoms with Crippen LogP contribution in [0.5, 0.6) is 0 Å². The Morgan fingerprint density at radius 2 is 2.11 bits per heavy atom. The molecule has 142 valence electrons. The van der Waals surface area contributed by atoms with Crippen LogP contribution in [0.3, 0.4) is 0 Å².